The van der Waals surface area contributed by atoms with E-state index in [-0.39, 0.29) is 34.5 Å². The molecule has 2 aromatic rings. The molecule has 0 aliphatic heterocycles. The van der Waals surface area contributed by atoms with Gasteiger partial charge in [-0.2, -0.15) is 0 Å². The fourth-order valence-corrected chi connectivity index (χ4v) is 3.96. The van der Waals surface area contributed by atoms with Gasteiger partial charge < -0.3 is 10.1 Å². The lowest BCUT2D eigenvalue weighted by atomic mass is 9.85. The van der Waals surface area contributed by atoms with E-state index < -0.39 is 21.8 Å². The van der Waals surface area contributed by atoms with E-state index >= 15 is 0 Å². The van der Waals surface area contributed by atoms with Crippen LogP contribution in [0.3, 0.4) is 0 Å². The van der Waals surface area contributed by atoms with Gasteiger partial charge in [0, 0.05) is 12.5 Å². The second kappa shape index (κ2) is 8.60. The molecule has 2 N–H and O–H groups in total. The Morgan fingerprint density at radius 2 is 1.83 bits per heavy atom. The molecule has 0 unspecified atom stereocenters. The number of ether oxygens (including phenoxy) is 1. The summed E-state index contributed by atoms with van der Waals surface area (Å²) in [5.41, 5.74) is 0.808. The van der Waals surface area contributed by atoms with Gasteiger partial charge in [-0.3, -0.25) is 9.52 Å². The summed E-state index contributed by atoms with van der Waals surface area (Å²) < 4.78 is 45.3. The van der Waals surface area contributed by atoms with E-state index in [1.807, 2.05) is 0 Å². The number of hydrogen-bond donors (Lipinski definition) is 2. The zero-order chi connectivity index (χ0) is 21.0. The van der Waals surface area contributed by atoms with Gasteiger partial charge in [-0.1, -0.05) is 6.42 Å². The third-order valence-electron chi connectivity index (χ3n) is 4.73. The van der Waals surface area contributed by atoms with Gasteiger partial charge in [0.2, 0.25) is 5.91 Å². The molecule has 1 fully saturated rings. The highest BCUT2D eigenvalue weighted by Gasteiger charge is 2.25. The molecule has 0 bridgehead atoms. The van der Waals surface area contributed by atoms with Crippen molar-refractivity contribution < 1.29 is 27.1 Å². The molecule has 1 aliphatic carbocycles. The molecule has 0 radical (unpaired) electrons. The first kappa shape index (κ1) is 20.8. The fraction of sp³-hybridized carbons (Fsp3) is 0.300. The van der Waals surface area contributed by atoms with Crippen LogP contribution in [0, 0.1) is 11.7 Å². The minimum absolute atomic E-state index is 0.00948. The van der Waals surface area contributed by atoms with Crippen molar-refractivity contribution in [2.24, 2.45) is 5.92 Å². The molecule has 0 spiro atoms. The molecule has 9 heteroatoms. The number of carbonyl (C=O) groups excluding carboxylic acids is 2. The van der Waals surface area contributed by atoms with Crippen LogP contribution < -0.4 is 10.0 Å². The maximum atomic E-state index is 13.1. The van der Waals surface area contributed by atoms with Crippen molar-refractivity contribution in [2.45, 2.75) is 30.7 Å². The Morgan fingerprint density at radius 1 is 1.14 bits per heavy atom. The molecule has 0 heterocycles. The van der Waals surface area contributed by atoms with Gasteiger partial charge in [0.05, 0.1) is 23.3 Å². The van der Waals surface area contributed by atoms with Gasteiger partial charge in [0.15, 0.2) is 0 Å². The Hall–Kier alpha value is -2.94. The summed E-state index contributed by atoms with van der Waals surface area (Å²) >= 11 is 0. The van der Waals surface area contributed by atoms with Crippen LogP contribution in [0.25, 0.3) is 0 Å². The minimum atomic E-state index is -3.99. The predicted molar refractivity (Wildman–Crippen MR) is 104 cm³/mol. The molecule has 1 aliphatic rings. The molecule has 29 heavy (non-hydrogen) atoms. The van der Waals surface area contributed by atoms with Gasteiger partial charge in [-0.05, 0) is 60.9 Å². The number of carbonyl (C=O) groups is 2. The maximum Gasteiger partial charge on any atom is 0.337 e. The Labute approximate surface area is 168 Å². The van der Waals surface area contributed by atoms with E-state index in [2.05, 4.69) is 10.0 Å². The smallest absolute Gasteiger partial charge is 0.337 e. The highest BCUT2D eigenvalue weighted by molar-refractivity contribution is 7.92. The molecule has 1 amide bonds. The van der Waals surface area contributed by atoms with E-state index in [0.717, 1.165) is 43.5 Å². The SMILES string of the molecule is COC(=O)c1cc(CNC(=O)C2CCC2)cc(NS(=O)(=O)c2ccc(F)cc2)c1. The highest BCUT2D eigenvalue weighted by Crippen LogP contribution is 2.26. The average molecular weight is 420 g/mol. The van der Waals surface area contributed by atoms with Crippen LogP contribution in [-0.4, -0.2) is 27.4 Å². The van der Waals surface area contributed by atoms with Gasteiger partial charge in [0.1, 0.15) is 5.82 Å². The topological polar surface area (TPSA) is 102 Å². The number of anilines is 1. The van der Waals surface area contributed by atoms with Crippen molar-refractivity contribution >= 4 is 27.6 Å². The number of benzene rings is 2. The predicted octanol–water partition coefficient (Wildman–Crippen LogP) is 2.83. The van der Waals surface area contributed by atoms with Gasteiger partial charge >= 0.3 is 5.97 Å². The maximum absolute atomic E-state index is 13.1. The zero-order valence-electron chi connectivity index (χ0n) is 15.8. The monoisotopic (exact) mass is 420 g/mol. The van der Waals surface area contributed by atoms with Crippen LogP contribution in [0.2, 0.25) is 0 Å². The van der Waals surface area contributed by atoms with Crippen molar-refractivity contribution in [3.63, 3.8) is 0 Å². The molecule has 1 saturated carbocycles. The number of nitrogens with one attached hydrogen (secondary N) is 2. The summed E-state index contributed by atoms with van der Waals surface area (Å²) in [6.07, 6.45) is 2.75. The number of halogens is 1. The molecule has 0 aromatic heterocycles. The van der Waals surface area contributed by atoms with Crippen molar-refractivity contribution in [1.29, 1.82) is 0 Å². The van der Waals surface area contributed by atoms with Crippen LogP contribution in [0.5, 0.6) is 0 Å². The first-order valence-electron chi connectivity index (χ1n) is 9.07. The second-order valence-electron chi connectivity index (χ2n) is 6.82. The molecule has 3 rings (SSSR count). The number of esters is 1. The van der Waals surface area contributed by atoms with Crippen LogP contribution >= 0.6 is 0 Å². The van der Waals surface area contributed by atoms with Crippen LogP contribution in [0.4, 0.5) is 10.1 Å². The Kier molecular flexibility index (Phi) is 6.17. The Balaban J connectivity index is 1.83. The lowest BCUT2D eigenvalue weighted by molar-refractivity contribution is -0.127. The lowest BCUT2D eigenvalue weighted by Crippen LogP contribution is -2.34. The summed E-state index contributed by atoms with van der Waals surface area (Å²) in [6, 6.07) is 8.76. The summed E-state index contributed by atoms with van der Waals surface area (Å²) in [5.74, 6) is -1.25. The van der Waals surface area contributed by atoms with Crippen molar-refractivity contribution in [1.82, 2.24) is 5.32 Å². The number of amides is 1. The fourth-order valence-electron chi connectivity index (χ4n) is 2.92. The van der Waals surface area contributed by atoms with Crippen LogP contribution in [-0.2, 0) is 26.1 Å². The van der Waals surface area contributed by atoms with Gasteiger partial charge in [-0.15, -0.1) is 0 Å². The minimum Gasteiger partial charge on any atom is -0.465 e. The molecular formula is C20H21FN2O5S. The summed E-state index contributed by atoms with van der Waals surface area (Å²) in [7, 11) is -2.77. The third kappa shape index (κ3) is 5.11. The third-order valence-corrected chi connectivity index (χ3v) is 6.13. The zero-order valence-corrected chi connectivity index (χ0v) is 16.6. The number of hydrogen-bond acceptors (Lipinski definition) is 5. The van der Waals surface area contributed by atoms with Crippen LogP contribution in [0.1, 0.15) is 35.2 Å². The second-order valence-corrected chi connectivity index (χ2v) is 8.50. The van der Waals surface area contributed by atoms with E-state index in [1.165, 1.54) is 25.3 Å². The number of sulfonamides is 1. The Morgan fingerprint density at radius 3 is 2.41 bits per heavy atom. The van der Waals surface area contributed by atoms with E-state index in [9.17, 15) is 22.4 Å². The standard InChI is InChI=1S/C20H21FN2O5S/c1-28-20(25)15-9-13(12-22-19(24)14-3-2-4-14)10-17(11-15)23-29(26,27)18-7-5-16(21)6-8-18/h5-11,14,23H,2-4,12H2,1H3,(H,22,24). The molecule has 7 nitrogen and oxygen atoms in total. The summed E-state index contributed by atoms with van der Waals surface area (Å²) in [6.45, 7) is 0.144. The normalized spacial score (nSPS) is 14.0. The molecule has 0 saturated heterocycles. The molecule has 0 atom stereocenters. The molecule has 154 valence electrons. The molecular weight excluding hydrogens is 399 g/mol. The Bertz CT molecular complexity index is 1020. The number of methoxy groups -OCH3 is 1. The van der Waals surface area contributed by atoms with E-state index in [0.29, 0.717) is 5.56 Å². The largest absolute Gasteiger partial charge is 0.465 e. The highest BCUT2D eigenvalue weighted by atomic mass is 32.2. The lowest BCUT2D eigenvalue weighted by Gasteiger charge is -2.24. The van der Waals surface area contributed by atoms with Crippen molar-refractivity contribution in [2.75, 3.05) is 11.8 Å². The van der Waals surface area contributed by atoms with E-state index in [4.69, 9.17) is 4.74 Å². The van der Waals surface area contributed by atoms with E-state index in [1.54, 1.807) is 0 Å². The molecule has 2 aromatic carbocycles. The summed E-state index contributed by atoms with van der Waals surface area (Å²) in [4.78, 5) is 23.9. The summed E-state index contributed by atoms with van der Waals surface area (Å²) in [5, 5.41) is 2.80. The van der Waals surface area contributed by atoms with Crippen LogP contribution in [0.15, 0.2) is 47.4 Å². The van der Waals surface area contributed by atoms with Gasteiger partial charge in [-0.25, -0.2) is 17.6 Å². The van der Waals surface area contributed by atoms with Crippen molar-refractivity contribution in [3.05, 3.63) is 59.4 Å². The first-order valence-corrected chi connectivity index (χ1v) is 10.6. The first-order chi connectivity index (χ1) is 13.8. The van der Waals surface area contributed by atoms with Gasteiger partial charge in [0.25, 0.3) is 10.0 Å². The van der Waals surface area contributed by atoms with Crippen molar-refractivity contribution in [3.8, 4) is 0 Å². The average Bonchev–Trinajstić information content (AvgIpc) is 2.64. The quantitative estimate of drug-likeness (QED) is 0.671. The number of rotatable bonds is 7.